The lowest BCUT2D eigenvalue weighted by atomic mass is 10.2. The van der Waals surface area contributed by atoms with Crippen LogP contribution in [0.15, 0.2) is 48.5 Å². The third-order valence-electron chi connectivity index (χ3n) is 4.41. The molecule has 0 bridgehead atoms. The minimum Gasteiger partial charge on any atom is -0.462 e. The maximum absolute atomic E-state index is 12.9. The minimum absolute atomic E-state index is 0.195. The maximum atomic E-state index is 12.9. The smallest absolute Gasteiger partial charge is 0.338 e. The van der Waals surface area contributed by atoms with E-state index < -0.39 is 0 Å². The molecule has 2 amide bonds. The van der Waals surface area contributed by atoms with Crippen molar-refractivity contribution in [1.29, 1.82) is 0 Å². The lowest BCUT2D eigenvalue weighted by molar-refractivity contribution is 0.0526. The van der Waals surface area contributed by atoms with Crippen molar-refractivity contribution in [3.8, 4) is 0 Å². The molecular formula is C20H22FN3O3. The van der Waals surface area contributed by atoms with E-state index in [1.165, 1.54) is 24.3 Å². The van der Waals surface area contributed by atoms with Crippen molar-refractivity contribution in [3.05, 3.63) is 59.9 Å². The lowest BCUT2D eigenvalue weighted by Gasteiger charge is -2.36. The highest BCUT2D eigenvalue weighted by molar-refractivity contribution is 5.90. The van der Waals surface area contributed by atoms with Crippen LogP contribution < -0.4 is 10.2 Å². The highest BCUT2D eigenvalue weighted by Gasteiger charge is 2.21. The Balaban J connectivity index is 1.53. The van der Waals surface area contributed by atoms with Crippen molar-refractivity contribution in [3.63, 3.8) is 0 Å². The predicted octanol–water partition coefficient (Wildman–Crippen LogP) is 3.36. The molecule has 7 heteroatoms. The number of carbonyl (C=O) groups excluding carboxylic acids is 2. The predicted molar refractivity (Wildman–Crippen MR) is 102 cm³/mol. The fourth-order valence-corrected chi connectivity index (χ4v) is 2.93. The standard InChI is InChI=1S/C20H22FN3O3/c1-2-27-19(25)15-3-9-18(10-4-15)23-11-13-24(14-12-23)20(26)22-17-7-5-16(21)6-8-17/h3-10H,2,11-14H2,1H3,(H,22,26). The number of benzene rings is 2. The van der Waals surface area contributed by atoms with Crippen LogP contribution in [-0.4, -0.2) is 49.7 Å². The molecule has 0 unspecified atom stereocenters. The number of halogens is 1. The summed E-state index contributed by atoms with van der Waals surface area (Å²) < 4.78 is 17.9. The molecule has 0 aliphatic carbocycles. The Kier molecular flexibility index (Phi) is 5.90. The Morgan fingerprint density at radius 3 is 2.22 bits per heavy atom. The Hall–Kier alpha value is -3.09. The minimum atomic E-state index is -0.337. The van der Waals surface area contributed by atoms with Gasteiger partial charge in [0.15, 0.2) is 0 Å². The van der Waals surface area contributed by atoms with E-state index in [4.69, 9.17) is 4.74 Å². The largest absolute Gasteiger partial charge is 0.462 e. The molecule has 1 aliphatic heterocycles. The van der Waals surface area contributed by atoms with Crippen molar-refractivity contribution >= 4 is 23.4 Å². The Bertz CT molecular complexity index is 785. The molecular weight excluding hydrogens is 349 g/mol. The molecule has 0 aromatic heterocycles. The van der Waals surface area contributed by atoms with Gasteiger partial charge in [0.25, 0.3) is 0 Å². The van der Waals surface area contributed by atoms with Crippen LogP contribution in [0.25, 0.3) is 0 Å². The Morgan fingerprint density at radius 2 is 1.63 bits per heavy atom. The number of nitrogens with one attached hydrogen (secondary N) is 1. The van der Waals surface area contributed by atoms with Crippen LogP contribution in [0.4, 0.5) is 20.6 Å². The van der Waals surface area contributed by atoms with Crippen molar-refractivity contribution in [2.24, 2.45) is 0 Å². The molecule has 0 saturated carbocycles. The molecule has 1 fully saturated rings. The van der Waals surface area contributed by atoms with Gasteiger partial charge in [0, 0.05) is 37.6 Å². The normalized spacial score (nSPS) is 14.0. The number of ether oxygens (including phenoxy) is 1. The molecule has 3 rings (SSSR count). The molecule has 0 radical (unpaired) electrons. The first kappa shape index (κ1) is 18.7. The third-order valence-corrected chi connectivity index (χ3v) is 4.41. The molecule has 2 aromatic carbocycles. The van der Waals surface area contributed by atoms with E-state index in [9.17, 15) is 14.0 Å². The van der Waals surface area contributed by atoms with E-state index in [1.807, 2.05) is 12.1 Å². The van der Waals surface area contributed by atoms with Crippen LogP contribution in [-0.2, 0) is 4.74 Å². The number of hydrogen-bond donors (Lipinski definition) is 1. The average Bonchev–Trinajstić information content (AvgIpc) is 2.70. The molecule has 142 valence electrons. The quantitative estimate of drug-likeness (QED) is 0.838. The molecule has 27 heavy (non-hydrogen) atoms. The van der Waals surface area contributed by atoms with Gasteiger partial charge < -0.3 is 19.9 Å². The van der Waals surface area contributed by atoms with E-state index in [1.54, 1.807) is 24.0 Å². The van der Waals surface area contributed by atoms with Crippen LogP contribution in [0.2, 0.25) is 0 Å². The number of nitrogens with zero attached hydrogens (tertiary/aromatic N) is 2. The van der Waals surface area contributed by atoms with E-state index in [0.717, 1.165) is 5.69 Å². The Morgan fingerprint density at radius 1 is 1.00 bits per heavy atom. The first-order chi connectivity index (χ1) is 13.1. The summed E-state index contributed by atoms with van der Waals surface area (Å²) in [6.45, 7) is 4.66. The van der Waals surface area contributed by atoms with Crippen molar-refractivity contribution < 1.29 is 18.7 Å². The first-order valence-corrected chi connectivity index (χ1v) is 8.90. The SMILES string of the molecule is CCOC(=O)c1ccc(N2CCN(C(=O)Nc3ccc(F)cc3)CC2)cc1. The van der Waals surface area contributed by atoms with Crippen LogP contribution in [0, 0.1) is 5.82 Å². The first-order valence-electron chi connectivity index (χ1n) is 8.90. The molecule has 1 heterocycles. The average molecular weight is 371 g/mol. The van der Waals surface area contributed by atoms with Gasteiger partial charge in [-0.1, -0.05) is 0 Å². The summed E-state index contributed by atoms with van der Waals surface area (Å²) in [6.07, 6.45) is 0. The highest BCUT2D eigenvalue weighted by Crippen LogP contribution is 2.18. The number of carbonyl (C=O) groups is 2. The summed E-state index contributed by atoms with van der Waals surface area (Å²) in [5.41, 5.74) is 2.10. The number of esters is 1. The monoisotopic (exact) mass is 371 g/mol. The number of hydrogen-bond acceptors (Lipinski definition) is 4. The fourth-order valence-electron chi connectivity index (χ4n) is 2.93. The Labute approximate surface area is 157 Å². The second-order valence-electron chi connectivity index (χ2n) is 6.18. The van der Waals surface area contributed by atoms with E-state index in [-0.39, 0.29) is 17.8 Å². The number of urea groups is 1. The third kappa shape index (κ3) is 4.75. The number of anilines is 2. The van der Waals surface area contributed by atoms with Gasteiger partial charge in [0.2, 0.25) is 0 Å². The van der Waals surface area contributed by atoms with Gasteiger partial charge in [-0.05, 0) is 55.5 Å². The second-order valence-corrected chi connectivity index (χ2v) is 6.18. The van der Waals surface area contributed by atoms with Gasteiger partial charge in [0.05, 0.1) is 12.2 Å². The molecule has 1 aliphatic rings. The van der Waals surface area contributed by atoms with Gasteiger partial charge in [-0.2, -0.15) is 0 Å². The number of rotatable bonds is 4. The van der Waals surface area contributed by atoms with Gasteiger partial charge in [0.1, 0.15) is 5.82 Å². The zero-order valence-electron chi connectivity index (χ0n) is 15.2. The van der Waals surface area contributed by atoms with E-state index >= 15 is 0 Å². The summed E-state index contributed by atoms with van der Waals surface area (Å²) >= 11 is 0. The molecule has 0 atom stereocenters. The van der Waals surface area contributed by atoms with Crippen LogP contribution >= 0.6 is 0 Å². The van der Waals surface area contributed by atoms with Gasteiger partial charge in [-0.3, -0.25) is 0 Å². The highest BCUT2D eigenvalue weighted by atomic mass is 19.1. The fraction of sp³-hybridized carbons (Fsp3) is 0.300. The zero-order chi connectivity index (χ0) is 19.2. The zero-order valence-corrected chi connectivity index (χ0v) is 15.2. The van der Waals surface area contributed by atoms with Gasteiger partial charge >= 0.3 is 12.0 Å². The summed E-state index contributed by atoms with van der Waals surface area (Å²) in [6, 6.07) is 12.8. The number of amides is 2. The van der Waals surface area contributed by atoms with Crippen LogP contribution in [0.5, 0.6) is 0 Å². The van der Waals surface area contributed by atoms with Crippen molar-refractivity contribution in [2.45, 2.75) is 6.92 Å². The summed E-state index contributed by atoms with van der Waals surface area (Å²) in [5, 5.41) is 2.78. The molecule has 0 spiro atoms. The summed E-state index contributed by atoms with van der Waals surface area (Å²) in [4.78, 5) is 27.9. The molecule has 1 N–H and O–H groups in total. The molecule has 2 aromatic rings. The van der Waals surface area contributed by atoms with Crippen molar-refractivity contribution in [2.75, 3.05) is 43.0 Å². The molecule has 6 nitrogen and oxygen atoms in total. The van der Waals surface area contributed by atoms with E-state index in [2.05, 4.69) is 10.2 Å². The summed E-state index contributed by atoms with van der Waals surface area (Å²) in [5.74, 6) is -0.665. The topological polar surface area (TPSA) is 61.9 Å². The number of piperazine rings is 1. The van der Waals surface area contributed by atoms with Gasteiger partial charge in [-0.25, -0.2) is 14.0 Å². The maximum Gasteiger partial charge on any atom is 0.338 e. The van der Waals surface area contributed by atoms with E-state index in [0.29, 0.717) is 44.0 Å². The summed E-state index contributed by atoms with van der Waals surface area (Å²) in [7, 11) is 0. The van der Waals surface area contributed by atoms with Crippen LogP contribution in [0.1, 0.15) is 17.3 Å². The van der Waals surface area contributed by atoms with Crippen LogP contribution in [0.3, 0.4) is 0 Å². The second kappa shape index (κ2) is 8.53. The van der Waals surface area contributed by atoms with Gasteiger partial charge in [-0.15, -0.1) is 0 Å². The molecule has 1 saturated heterocycles. The lowest BCUT2D eigenvalue weighted by Crippen LogP contribution is -2.50. The van der Waals surface area contributed by atoms with Crippen molar-refractivity contribution in [1.82, 2.24) is 4.90 Å².